The van der Waals surface area contributed by atoms with Gasteiger partial charge in [0.1, 0.15) is 5.60 Å². The summed E-state index contributed by atoms with van der Waals surface area (Å²) in [6.07, 6.45) is 0.914. The van der Waals surface area contributed by atoms with E-state index in [0.717, 1.165) is 0 Å². The molecule has 7 heteroatoms. The zero-order chi connectivity index (χ0) is 17.7. The molecule has 1 heterocycles. The molecule has 0 radical (unpaired) electrons. The number of nitrogens with zero attached hydrogens (tertiary/aromatic N) is 1. The minimum Gasteiger partial charge on any atom is -0.481 e. The van der Waals surface area contributed by atoms with Gasteiger partial charge in [0, 0.05) is 18.8 Å². The van der Waals surface area contributed by atoms with E-state index in [0.29, 0.717) is 11.4 Å². The normalized spacial score (nSPS) is 11.6. The number of rotatable bonds is 5. The van der Waals surface area contributed by atoms with Crippen molar-refractivity contribution in [3.8, 4) is 5.88 Å². The molecule has 1 aromatic heterocycles. The van der Waals surface area contributed by atoms with Crippen LogP contribution in [0.2, 0.25) is 0 Å². The van der Waals surface area contributed by atoms with E-state index in [9.17, 15) is 9.59 Å². The second-order valence-electron chi connectivity index (χ2n) is 6.78. The van der Waals surface area contributed by atoms with Gasteiger partial charge >= 0.3 is 6.09 Å². The van der Waals surface area contributed by atoms with Crippen LogP contribution in [0, 0.1) is 0 Å². The lowest BCUT2D eigenvalue weighted by molar-refractivity contribution is 0.0509. The summed E-state index contributed by atoms with van der Waals surface area (Å²) >= 11 is 0. The zero-order valence-corrected chi connectivity index (χ0v) is 14.5. The molecular weight excluding hydrogens is 298 g/mol. The van der Waals surface area contributed by atoms with Crippen LogP contribution in [0.1, 0.15) is 45.0 Å². The predicted molar refractivity (Wildman–Crippen MR) is 86.6 cm³/mol. The number of nitrogens with one attached hydrogen (secondary N) is 2. The monoisotopic (exact) mass is 323 g/mol. The molecule has 7 nitrogen and oxygen atoms in total. The molecule has 0 bridgehead atoms. The summed E-state index contributed by atoms with van der Waals surface area (Å²) in [7, 11) is 1.51. The van der Waals surface area contributed by atoms with Crippen molar-refractivity contribution in [2.24, 2.45) is 0 Å². The standard InChI is InChI=1S/C16H25N3O4/c1-15(2,3)23-14(21)18-10-16(4,5)19-13(20)11-7-8-12(22-6)17-9-11/h7-9H,10H2,1-6H3,(H,18,21)(H,19,20). The van der Waals surface area contributed by atoms with Gasteiger partial charge in [-0.2, -0.15) is 0 Å². The van der Waals surface area contributed by atoms with E-state index in [2.05, 4.69) is 15.6 Å². The first-order valence-corrected chi connectivity index (χ1v) is 7.32. The van der Waals surface area contributed by atoms with Gasteiger partial charge in [-0.25, -0.2) is 9.78 Å². The van der Waals surface area contributed by atoms with E-state index >= 15 is 0 Å². The molecule has 23 heavy (non-hydrogen) atoms. The van der Waals surface area contributed by atoms with Crippen LogP contribution in [0.3, 0.4) is 0 Å². The Morgan fingerprint density at radius 3 is 2.30 bits per heavy atom. The van der Waals surface area contributed by atoms with Crippen LogP contribution in [0.15, 0.2) is 18.3 Å². The highest BCUT2D eigenvalue weighted by atomic mass is 16.6. The molecule has 1 aromatic rings. The summed E-state index contributed by atoms with van der Waals surface area (Å²) in [4.78, 5) is 27.8. The molecule has 2 amide bonds. The maximum Gasteiger partial charge on any atom is 0.407 e. The molecule has 0 aliphatic heterocycles. The second-order valence-corrected chi connectivity index (χ2v) is 6.78. The molecule has 1 rings (SSSR count). The zero-order valence-electron chi connectivity index (χ0n) is 14.5. The Hall–Kier alpha value is -2.31. The van der Waals surface area contributed by atoms with E-state index in [1.165, 1.54) is 13.3 Å². The van der Waals surface area contributed by atoms with E-state index in [1.54, 1.807) is 46.8 Å². The highest BCUT2D eigenvalue weighted by molar-refractivity contribution is 5.94. The summed E-state index contributed by atoms with van der Waals surface area (Å²) in [5.74, 6) is 0.156. The number of amides is 2. The van der Waals surface area contributed by atoms with Crippen molar-refractivity contribution in [1.29, 1.82) is 0 Å². The van der Waals surface area contributed by atoms with Gasteiger partial charge in [-0.15, -0.1) is 0 Å². The molecule has 0 fully saturated rings. The third kappa shape index (κ3) is 6.99. The first kappa shape index (κ1) is 18.7. The van der Waals surface area contributed by atoms with Gasteiger partial charge in [-0.3, -0.25) is 4.79 Å². The Bertz CT molecular complexity index is 547. The first-order valence-electron chi connectivity index (χ1n) is 7.32. The Morgan fingerprint density at radius 2 is 1.83 bits per heavy atom. The Kier molecular flexibility index (Phi) is 5.95. The van der Waals surface area contributed by atoms with Crippen molar-refractivity contribution < 1.29 is 19.1 Å². The van der Waals surface area contributed by atoms with Crippen LogP contribution >= 0.6 is 0 Å². The number of aromatic nitrogens is 1. The summed E-state index contributed by atoms with van der Waals surface area (Å²) in [5.41, 5.74) is -0.795. The lowest BCUT2D eigenvalue weighted by atomic mass is 10.1. The van der Waals surface area contributed by atoms with E-state index < -0.39 is 17.2 Å². The van der Waals surface area contributed by atoms with Crippen LogP contribution < -0.4 is 15.4 Å². The van der Waals surface area contributed by atoms with Gasteiger partial charge in [-0.1, -0.05) is 0 Å². The molecule has 0 saturated heterocycles. The van der Waals surface area contributed by atoms with Crippen molar-refractivity contribution in [3.63, 3.8) is 0 Å². The molecule has 0 atom stereocenters. The van der Waals surface area contributed by atoms with Crippen LogP contribution in [-0.4, -0.2) is 41.8 Å². The van der Waals surface area contributed by atoms with Crippen molar-refractivity contribution in [2.75, 3.05) is 13.7 Å². The number of hydrogen-bond acceptors (Lipinski definition) is 5. The fraction of sp³-hybridized carbons (Fsp3) is 0.562. The largest absolute Gasteiger partial charge is 0.481 e. The second kappa shape index (κ2) is 7.30. The Morgan fingerprint density at radius 1 is 1.17 bits per heavy atom. The highest BCUT2D eigenvalue weighted by Crippen LogP contribution is 2.10. The van der Waals surface area contributed by atoms with Crippen molar-refractivity contribution in [3.05, 3.63) is 23.9 Å². The minimum atomic E-state index is -0.645. The van der Waals surface area contributed by atoms with Crippen LogP contribution in [0.25, 0.3) is 0 Å². The van der Waals surface area contributed by atoms with Crippen molar-refractivity contribution in [1.82, 2.24) is 15.6 Å². The maximum atomic E-state index is 12.2. The van der Waals surface area contributed by atoms with E-state index in [4.69, 9.17) is 9.47 Å². The van der Waals surface area contributed by atoms with Crippen molar-refractivity contribution >= 4 is 12.0 Å². The SMILES string of the molecule is COc1ccc(C(=O)NC(C)(C)CNC(=O)OC(C)(C)C)cn1. The lowest BCUT2D eigenvalue weighted by Crippen LogP contribution is -2.52. The fourth-order valence-electron chi connectivity index (χ4n) is 1.67. The number of carbonyl (C=O) groups is 2. The molecule has 0 aliphatic rings. The highest BCUT2D eigenvalue weighted by Gasteiger charge is 2.24. The number of hydrogen-bond donors (Lipinski definition) is 2. The van der Waals surface area contributed by atoms with Gasteiger partial charge in [0.05, 0.1) is 18.2 Å². The maximum absolute atomic E-state index is 12.2. The summed E-state index contributed by atoms with van der Waals surface area (Å²) in [6, 6.07) is 3.24. The average Bonchev–Trinajstić information content (AvgIpc) is 2.43. The van der Waals surface area contributed by atoms with Gasteiger partial charge in [-0.05, 0) is 40.7 Å². The Labute approximate surface area is 136 Å². The molecule has 0 saturated carbocycles. The quantitative estimate of drug-likeness (QED) is 0.866. The van der Waals surface area contributed by atoms with Crippen LogP contribution in [-0.2, 0) is 4.74 Å². The first-order chi connectivity index (χ1) is 10.5. The molecule has 2 N–H and O–H groups in total. The smallest absolute Gasteiger partial charge is 0.407 e. The third-order valence-electron chi connectivity index (χ3n) is 2.73. The topological polar surface area (TPSA) is 89.6 Å². The number of methoxy groups -OCH3 is 1. The molecule has 0 aliphatic carbocycles. The van der Waals surface area contributed by atoms with Gasteiger partial charge < -0.3 is 20.1 Å². The minimum absolute atomic E-state index is 0.233. The molecule has 0 aromatic carbocycles. The van der Waals surface area contributed by atoms with E-state index in [-0.39, 0.29) is 12.5 Å². The number of carbonyl (C=O) groups excluding carboxylic acids is 2. The van der Waals surface area contributed by atoms with Gasteiger partial charge in [0.2, 0.25) is 5.88 Å². The molecule has 0 unspecified atom stereocenters. The third-order valence-corrected chi connectivity index (χ3v) is 2.73. The Balaban J connectivity index is 2.56. The van der Waals surface area contributed by atoms with Gasteiger partial charge in [0.15, 0.2) is 0 Å². The summed E-state index contributed by atoms with van der Waals surface area (Å²) in [6.45, 7) is 9.21. The van der Waals surface area contributed by atoms with Crippen LogP contribution in [0.5, 0.6) is 5.88 Å². The summed E-state index contributed by atoms with van der Waals surface area (Å²) in [5, 5.41) is 5.48. The fourth-order valence-corrected chi connectivity index (χ4v) is 1.67. The van der Waals surface area contributed by atoms with Crippen LogP contribution in [0.4, 0.5) is 4.79 Å². The lowest BCUT2D eigenvalue weighted by Gasteiger charge is -2.27. The molecular formula is C16H25N3O4. The number of ether oxygens (including phenoxy) is 2. The average molecular weight is 323 g/mol. The van der Waals surface area contributed by atoms with E-state index in [1.807, 2.05) is 0 Å². The molecule has 0 spiro atoms. The van der Waals surface area contributed by atoms with Crippen molar-refractivity contribution in [2.45, 2.75) is 45.8 Å². The molecule has 128 valence electrons. The number of pyridine rings is 1. The van der Waals surface area contributed by atoms with Gasteiger partial charge in [0.25, 0.3) is 5.91 Å². The summed E-state index contributed by atoms with van der Waals surface area (Å²) < 4.78 is 10.1. The predicted octanol–water partition coefficient (Wildman–Crippen LogP) is 2.12. The number of alkyl carbamates (subject to hydrolysis) is 1.